The SMILES string of the molecule is CCc1cc2ncc(CN3CCN(c4ccc(C(=O)NC5CC6(CCN(c7ccc8c(c7)C(=O)N(C7CCC(=O)NC7=O)C8=O)CC6)C5)nc4)CC3)cc2[nH]c1=O. The van der Waals surface area contributed by atoms with Gasteiger partial charge in [0.05, 0.1) is 34.0 Å². The normalized spacial score (nSPS) is 21.2. The van der Waals surface area contributed by atoms with Crippen molar-refractivity contribution >= 4 is 51.9 Å². The van der Waals surface area contributed by atoms with Crippen LogP contribution in [0.3, 0.4) is 0 Å². The van der Waals surface area contributed by atoms with E-state index < -0.39 is 29.7 Å². The van der Waals surface area contributed by atoms with Crippen molar-refractivity contribution < 1.29 is 24.0 Å². The Hall–Kier alpha value is -5.96. The minimum absolute atomic E-state index is 0.0558. The molecule has 4 aromatic rings. The Morgan fingerprint density at radius 2 is 1.58 bits per heavy atom. The molecule has 1 aromatic carbocycles. The Bertz CT molecular complexity index is 2350. The average molecular weight is 772 g/mol. The molecule has 3 saturated heterocycles. The van der Waals surface area contributed by atoms with Gasteiger partial charge in [0, 0.05) is 75.7 Å². The van der Waals surface area contributed by atoms with E-state index in [1.54, 1.807) is 24.4 Å². The summed E-state index contributed by atoms with van der Waals surface area (Å²) in [4.78, 5) is 95.9. The molecule has 5 amide bonds. The number of rotatable bonds is 8. The lowest BCUT2D eigenvalue weighted by Gasteiger charge is -2.52. The van der Waals surface area contributed by atoms with Gasteiger partial charge in [-0.1, -0.05) is 6.92 Å². The lowest BCUT2D eigenvalue weighted by atomic mass is 9.60. The van der Waals surface area contributed by atoms with Gasteiger partial charge in [-0.3, -0.25) is 48.9 Å². The van der Waals surface area contributed by atoms with E-state index >= 15 is 0 Å². The number of H-pyrrole nitrogens is 1. The van der Waals surface area contributed by atoms with Crippen molar-refractivity contribution in [3.8, 4) is 0 Å². The van der Waals surface area contributed by atoms with Crippen molar-refractivity contribution in [1.82, 2.24) is 35.4 Å². The third kappa shape index (κ3) is 6.94. The zero-order valence-corrected chi connectivity index (χ0v) is 31.9. The number of nitrogens with zero attached hydrogens (tertiary/aromatic N) is 6. The van der Waals surface area contributed by atoms with E-state index in [2.05, 4.69) is 40.3 Å². The first-order valence-corrected chi connectivity index (χ1v) is 19.9. The van der Waals surface area contributed by atoms with Gasteiger partial charge < -0.3 is 20.1 Å². The number of hydrogen-bond acceptors (Lipinski definition) is 11. The van der Waals surface area contributed by atoms with Crippen molar-refractivity contribution in [2.45, 2.75) is 70.5 Å². The van der Waals surface area contributed by atoms with Crippen LogP contribution in [0, 0.1) is 5.41 Å². The second-order valence-electron chi connectivity index (χ2n) is 16.2. The Morgan fingerprint density at radius 3 is 2.30 bits per heavy atom. The molecule has 4 fully saturated rings. The van der Waals surface area contributed by atoms with Crippen LogP contribution in [0.25, 0.3) is 11.0 Å². The van der Waals surface area contributed by atoms with Gasteiger partial charge in [-0.2, -0.15) is 0 Å². The summed E-state index contributed by atoms with van der Waals surface area (Å²) in [6.45, 7) is 7.69. The van der Waals surface area contributed by atoms with E-state index in [1.807, 2.05) is 37.4 Å². The topological polar surface area (TPSA) is 181 Å². The number of piperazine rings is 1. The van der Waals surface area contributed by atoms with Crippen molar-refractivity contribution in [3.63, 3.8) is 0 Å². The number of anilines is 2. The summed E-state index contributed by atoms with van der Waals surface area (Å²) in [5.41, 5.74) is 6.29. The van der Waals surface area contributed by atoms with E-state index in [0.717, 1.165) is 110 Å². The van der Waals surface area contributed by atoms with Crippen molar-refractivity contribution in [1.29, 1.82) is 0 Å². The number of carbonyl (C=O) groups is 5. The number of pyridine rings is 3. The smallest absolute Gasteiger partial charge is 0.270 e. The predicted molar refractivity (Wildman–Crippen MR) is 211 cm³/mol. The first-order valence-electron chi connectivity index (χ1n) is 19.9. The number of nitrogens with one attached hydrogen (secondary N) is 3. The highest BCUT2D eigenvalue weighted by Crippen LogP contribution is 2.49. The summed E-state index contributed by atoms with van der Waals surface area (Å²) in [6.07, 6.45) is 8.26. The highest BCUT2D eigenvalue weighted by Gasteiger charge is 2.47. The fourth-order valence-electron chi connectivity index (χ4n) is 9.30. The molecule has 1 saturated carbocycles. The Morgan fingerprint density at radius 1 is 0.842 bits per heavy atom. The molecule has 1 unspecified atom stereocenters. The van der Waals surface area contributed by atoms with E-state index in [9.17, 15) is 28.8 Å². The third-order valence-corrected chi connectivity index (χ3v) is 12.6. The molecule has 0 radical (unpaired) electrons. The molecule has 15 nitrogen and oxygen atoms in total. The zero-order chi connectivity index (χ0) is 39.4. The molecule has 1 aliphatic carbocycles. The number of fused-ring (bicyclic) bond motifs is 2. The number of hydrogen-bond donors (Lipinski definition) is 3. The molecule has 5 aliphatic rings. The van der Waals surface area contributed by atoms with Gasteiger partial charge in [0.2, 0.25) is 11.8 Å². The van der Waals surface area contributed by atoms with Gasteiger partial charge in [0.15, 0.2) is 0 Å². The molecule has 0 bridgehead atoms. The number of benzene rings is 1. The van der Waals surface area contributed by atoms with Crippen LogP contribution in [0.15, 0.2) is 59.7 Å². The summed E-state index contributed by atoms with van der Waals surface area (Å²) >= 11 is 0. The van der Waals surface area contributed by atoms with Crippen LogP contribution in [0.5, 0.6) is 0 Å². The molecule has 3 N–H and O–H groups in total. The maximum absolute atomic E-state index is 13.3. The highest BCUT2D eigenvalue weighted by molar-refractivity contribution is 6.23. The Balaban J connectivity index is 0.729. The second kappa shape index (κ2) is 14.5. The monoisotopic (exact) mass is 771 g/mol. The molecule has 1 spiro atoms. The van der Waals surface area contributed by atoms with Gasteiger partial charge in [0.25, 0.3) is 23.3 Å². The fraction of sp³-hybridized carbons (Fsp3) is 0.429. The van der Waals surface area contributed by atoms with E-state index in [0.29, 0.717) is 12.1 Å². The van der Waals surface area contributed by atoms with E-state index in [4.69, 9.17) is 0 Å². The number of amides is 5. The van der Waals surface area contributed by atoms with Crippen LogP contribution < -0.4 is 26.0 Å². The number of aryl methyl sites for hydroxylation is 1. The largest absolute Gasteiger partial charge is 0.371 e. The van der Waals surface area contributed by atoms with Crippen molar-refractivity contribution in [3.05, 3.63) is 93.2 Å². The predicted octanol–water partition coefficient (Wildman–Crippen LogP) is 2.78. The fourth-order valence-corrected chi connectivity index (χ4v) is 9.30. The van der Waals surface area contributed by atoms with Crippen LogP contribution in [0.4, 0.5) is 11.4 Å². The first-order chi connectivity index (χ1) is 27.6. The number of piperidine rings is 2. The molecule has 1 atom stereocenters. The summed E-state index contributed by atoms with van der Waals surface area (Å²) in [5, 5.41) is 5.42. The minimum atomic E-state index is -0.986. The number of carbonyl (C=O) groups excluding carboxylic acids is 5. The number of imide groups is 2. The molecule has 3 aromatic heterocycles. The van der Waals surface area contributed by atoms with Crippen LogP contribution in [0.1, 0.15) is 87.8 Å². The van der Waals surface area contributed by atoms with Gasteiger partial charge in [-0.25, -0.2) is 4.98 Å². The molecule has 294 valence electrons. The van der Waals surface area contributed by atoms with E-state index in [-0.39, 0.29) is 46.9 Å². The second-order valence-corrected chi connectivity index (χ2v) is 16.2. The quantitative estimate of drug-likeness (QED) is 0.224. The summed E-state index contributed by atoms with van der Waals surface area (Å²) < 4.78 is 0. The van der Waals surface area contributed by atoms with Crippen LogP contribution in [-0.2, 0) is 22.6 Å². The zero-order valence-electron chi connectivity index (χ0n) is 31.9. The number of aromatic nitrogens is 3. The Labute approximate surface area is 328 Å². The summed E-state index contributed by atoms with van der Waals surface area (Å²) in [7, 11) is 0. The molecule has 15 heteroatoms. The molecule has 7 heterocycles. The molecular weight excluding hydrogens is 727 g/mol. The van der Waals surface area contributed by atoms with Crippen LogP contribution in [0.2, 0.25) is 0 Å². The number of aromatic amines is 1. The maximum Gasteiger partial charge on any atom is 0.270 e. The highest BCUT2D eigenvalue weighted by atomic mass is 16.2. The third-order valence-electron chi connectivity index (χ3n) is 12.6. The average Bonchev–Trinajstić information content (AvgIpc) is 3.45. The molecular formula is C42H45N9O6. The molecule has 4 aliphatic heterocycles. The first kappa shape index (κ1) is 36.7. The summed E-state index contributed by atoms with van der Waals surface area (Å²) in [6, 6.07) is 12.0. The minimum Gasteiger partial charge on any atom is -0.371 e. The molecule has 57 heavy (non-hydrogen) atoms. The lowest BCUT2D eigenvalue weighted by Crippen LogP contribution is -2.55. The van der Waals surface area contributed by atoms with Crippen molar-refractivity contribution in [2.75, 3.05) is 49.1 Å². The summed E-state index contributed by atoms with van der Waals surface area (Å²) in [5.74, 6) is -2.19. The Kier molecular flexibility index (Phi) is 9.34. The van der Waals surface area contributed by atoms with Gasteiger partial charge >= 0.3 is 0 Å². The maximum atomic E-state index is 13.3. The van der Waals surface area contributed by atoms with Crippen molar-refractivity contribution in [2.24, 2.45) is 5.41 Å². The van der Waals surface area contributed by atoms with Gasteiger partial charge in [-0.05, 0) is 92.0 Å². The molecule has 9 rings (SSSR count). The van der Waals surface area contributed by atoms with Crippen LogP contribution >= 0.6 is 0 Å². The van der Waals surface area contributed by atoms with Gasteiger partial charge in [-0.15, -0.1) is 0 Å². The van der Waals surface area contributed by atoms with Gasteiger partial charge in [0.1, 0.15) is 11.7 Å². The van der Waals surface area contributed by atoms with Crippen LogP contribution in [-0.4, -0.2) is 106 Å². The standard InChI is InChI=1S/C42H45N9O6/c1-2-26-18-33-34(46-37(26)53)17-25(22-43-33)24-48-13-15-50(16-14-48)29-4-6-32(44-23-29)38(54)45-27-20-42(21-27)9-11-49(12-10-42)28-3-5-30-31(19-28)41(57)51(40(30)56)35-7-8-36(52)47-39(35)55/h3-6,17-19,22-23,27,35H,2,7-16,20-21,24H2,1H3,(H,45,54)(H,46,53)(H,47,52,55). The van der Waals surface area contributed by atoms with E-state index in [1.165, 1.54) is 0 Å². The lowest BCUT2D eigenvalue weighted by molar-refractivity contribution is -0.136.